The van der Waals surface area contributed by atoms with Gasteiger partial charge in [0.1, 0.15) is 0 Å². The molecule has 1 N–H and O–H groups in total. The van der Waals surface area contributed by atoms with Crippen LogP contribution in [-0.2, 0) is 0 Å². The molecule has 1 unspecified atom stereocenters. The molecule has 0 amide bonds. The topological polar surface area (TPSA) is 15.3 Å². The van der Waals surface area contributed by atoms with E-state index < -0.39 is 0 Å². The molecule has 1 atom stereocenters. The number of hydrogen-bond acceptors (Lipinski definition) is 2. The molecule has 1 aliphatic heterocycles. The van der Waals surface area contributed by atoms with Crippen LogP contribution in [0.1, 0.15) is 24.9 Å². The lowest BCUT2D eigenvalue weighted by Crippen LogP contribution is -2.56. The Morgan fingerprint density at radius 2 is 2.00 bits per heavy atom. The van der Waals surface area contributed by atoms with Crippen molar-refractivity contribution in [2.24, 2.45) is 0 Å². The van der Waals surface area contributed by atoms with Crippen molar-refractivity contribution >= 4 is 15.9 Å². The minimum Gasteiger partial charge on any atom is -0.314 e. The quantitative estimate of drug-likeness (QED) is 0.914. The zero-order chi connectivity index (χ0) is 11.5. The SMILES string of the molecule is CCC(c1ccc(Br)cc1)N(C)C1CNC1. The Bertz CT molecular complexity index is 332. The Hall–Kier alpha value is -0.380. The van der Waals surface area contributed by atoms with Gasteiger partial charge in [-0.1, -0.05) is 35.0 Å². The molecule has 0 aromatic heterocycles. The van der Waals surface area contributed by atoms with Crippen LogP contribution in [0.15, 0.2) is 28.7 Å². The lowest BCUT2D eigenvalue weighted by Gasteiger charge is -2.40. The Balaban J connectivity index is 2.11. The van der Waals surface area contributed by atoms with E-state index in [1.165, 1.54) is 5.56 Å². The van der Waals surface area contributed by atoms with E-state index in [2.05, 4.69) is 64.4 Å². The molecule has 1 aromatic rings. The third kappa shape index (κ3) is 2.47. The molecule has 0 bridgehead atoms. The van der Waals surface area contributed by atoms with Gasteiger partial charge in [0.25, 0.3) is 0 Å². The summed E-state index contributed by atoms with van der Waals surface area (Å²) in [7, 11) is 2.24. The summed E-state index contributed by atoms with van der Waals surface area (Å²) in [6, 6.07) is 9.95. The van der Waals surface area contributed by atoms with Crippen LogP contribution < -0.4 is 5.32 Å². The van der Waals surface area contributed by atoms with Crippen molar-refractivity contribution in [3.8, 4) is 0 Å². The minimum absolute atomic E-state index is 0.542. The predicted octanol–water partition coefficient (Wildman–Crippen LogP) is 2.80. The van der Waals surface area contributed by atoms with Gasteiger partial charge in [0.2, 0.25) is 0 Å². The largest absolute Gasteiger partial charge is 0.314 e. The summed E-state index contributed by atoms with van der Waals surface area (Å²) in [4.78, 5) is 2.50. The monoisotopic (exact) mass is 282 g/mol. The van der Waals surface area contributed by atoms with Crippen molar-refractivity contribution in [1.82, 2.24) is 10.2 Å². The van der Waals surface area contributed by atoms with E-state index >= 15 is 0 Å². The highest BCUT2D eigenvalue weighted by atomic mass is 79.9. The van der Waals surface area contributed by atoms with E-state index in [-0.39, 0.29) is 0 Å². The van der Waals surface area contributed by atoms with Gasteiger partial charge in [0.05, 0.1) is 0 Å². The van der Waals surface area contributed by atoms with Crippen molar-refractivity contribution in [1.29, 1.82) is 0 Å². The summed E-state index contributed by atoms with van der Waals surface area (Å²) < 4.78 is 1.15. The molecule has 0 saturated carbocycles. The maximum absolute atomic E-state index is 3.48. The van der Waals surface area contributed by atoms with Gasteiger partial charge in [-0.2, -0.15) is 0 Å². The van der Waals surface area contributed by atoms with E-state index in [4.69, 9.17) is 0 Å². The van der Waals surface area contributed by atoms with Crippen LogP contribution in [0, 0.1) is 0 Å². The fourth-order valence-electron chi connectivity index (χ4n) is 2.26. The summed E-state index contributed by atoms with van der Waals surface area (Å²) in [5.74, 6) is 0. The van der Waals surface area contributed by atoms with Crippen LogP contribution in [0.5, 0.6) is 0 Å². The van der Waals surface area contributed by atoms with Gasteiger partial charge < -0.3 is 5.32 Å². The first-order valence-electron chi connectivity index (χ1n) is 5.90. The summed E-state index contributed by atoms with van der Waals surface area (Å²) in [5.41, 5.74) is 1.42. The van der Waals surface area contributed by atoms with Gasteiger partial charge >= 0.3 is 0 Å². The molecular weight excluding hydrogens is 264 g/mol. The Kier molecular flexibility index (Phi) is 4.00. The molecule has 3 heteroatoms. The lowest BCUT2D eigenvalue weighted by atomic mass is 10.00. The molecule has 1 aliphatic rings. The van der Waals surface area contributed by atoms with E-state index in [0.29, 0.717) is 12.1 Å². The maximum Gasteiger partial charge on any atom is 0.0348 e. The summed E-state index contributed by atoms with van der Waals surface area (Å²) >= 11 is 3.48. The number of likely N-dealkylation sites (N-methyl/N-ethyl adjacent to an activating group) is 1. The van der Waals surface area contributed by atoms with Crippen molar-refractivity contribution in [2.45, 2.75) is 25.4 Å². The van der Waals surface area contributed by atoms with Crippen LogP contribution >= 0.6 is 15.9 Å². The number of nitrogens with one attached hydrogen (secondary N) is 1. The smallest absolute Gasteiger partial charge is 0.0348 e. The van der Waals surface area contributed by atoms with Crippen molar-refractivity contribution in [2.75, 3.05) is 20.1 Å². The van der Waals surface area contributed by atoms with Crippen molar-refractivity contribution < 1.29 is 0 Å². The van der Waals surface area contributed by atoms with Crippen LogP contribution in [0.3, 0.4) is 0 Å². The Morgan fingerprint density at radius 1 is 1.38 bits per heavy atom. The molecule has 0 aliphatic carbocycles. The third-order valence-electron chi connectivity index (χ3n) is 3.47. The number of benzene rings is 1. The molecular formula is C13H19BrN2. The van der Waals surface area contributed by atoms with Crippen LogP contribution in [0.2, 0.25) is 0 Å². The molecule has 1 saturated heterocycles. The highest BCUT2D eigenvalue weighted by Crippen LogP contribution is 2.26. The van der Waals surface area contributed by atoms with Gasteiger partial charge in [-0.05, 0) is 31.2 Å². The fraction of sp³-hybridized carbons (Fsp3) is 0.538. The van der Waals surface area contributed by atoms with Crippen LogP contribution in [-0.4, -0.2) is 31.1 Å². The molecule has 0 radical (unpaired) electrons. The highest BCUT2D eigenvalue weighted by molar-refractivity contribution is 9.10. The van der Waals surface area contributed by atoms with Gasteiger partial charge in [-0.25, -0.2) is 0 Å². The summed E-state index contributed by atoms with van der Waals surface area (Å²) in [6.07, 6.45) is 1.16. The molecule has 1 fully saturated rings. The first-order valence-corrected chi connectivity index (χ1v) is 6.69. The summed E-state index contributed by atoms with van der Waals surface area (Å²) in [5, 5.41) is 3.33. The van der Waals surface area contributed by atoms with E-state index in [9.17, 15) is 0 Å². The number of halogens is 1. The standard InChI is InChI=1S/C13H19BrN2/c1-3-13(16(2)12-8-15-9-12)10-4-6-11(14)7-5-10/h4-7,12-13,15H,3,8-9H2,1-2H3. The number of nitrogens with zero attached hydrogens (tertiary/aromatic N) is 1. The van der Waals surface area contributed by atoms with Gasteiger partial charge in [0, 0.05) is 29.6 Å². The minimum atomic E-state index is 0.542. The van der Waals surface area contributed by atoms with E-state index in [1.54, 1.807) is 0 Å². The second kappa shape index (κ2) is 5.30. The van der Waals surface area contributed by atoms with E-state index in [0.717, 1.165) is 24.0 Å². The first kappa shape index (κ1) is 12.1. The normalized spacial score (nSPS) is 18.5. The van der Waals surface area contributed by atoms with E-state index in [1.807, 2.05) is 0 Å². The second-order valence-corrected chi connectivity index (χ2v) is 5.37. The number of rotatable bonds is 4. The zero-order valence-corrected chi connectivity index (χ0v) is 11.5. The molecule has 2 nitrogen and oxygen atoms in total. The van der Waals surface area contributed by atoms with Crippen molar-refractivity contribution in [3.63, 3.8) is 0 Å². The van der Waals surface area contributed by atoms with Gasteiger partial charge in [-0.15, -0.1) is 0 Å². The Morgan fingerprint density at radius 3 is 2.44 bits per heavy atom. The number of hydrogen-bond donors (Lipinski definition) is 1. The average Bonchev–Trinajstić information content (AvgIpc) is 2.19. The predicted molar refractivity (Wildman–Crippen MR) is 71.6 cm³/mol. The Labute approximate surface area is 106 Å². The first-order chi connectivity index (χ1) is 7.72. The molecule has 1 heterocycles. The van der Waals surface area contributed by atoms with Crippen LogP contribution in [0.4, 0.5) is 0 Å². The van der Waals surface area contributed by atoms with Gasteiger partial charge in [-0.3, -0.25) is 4.90 Å². The lowest BCUT2D eigenvalue weighted by molar-refractivity contribution is 0.124. The maximum atomic E-state index is 3.48. The molecule has 0 spiro atoms. The van der Waals surface area contributed by atoms with Crippen molar-refractivity contribution in [3.05, 3.63) is 34.3 Å². The third-order valence-corrected chi connectivity index (χ3v) is 4.00. The fourth-order valence-corrected chi connectivity index (χ4v) is 2.52. The molecule has 2 rings (SSSR count). The van der Waals surface area contributed by atoms with Crippen LogP contribution in [0.25, 0.3) is 0 Å². The summed E-state index contributed by atoms with van der Waals surface area (Å²) in [6.45, 7) is 4.52. The molecule has 1 aromatic carbocycles. The highest BCUT2D eigenvalue weighted by Gasteiger charge is 2.27. The van der Waals surface area contributed by atoms with Gasteiger partial charge in [0.15, 0.2) is 0 Å². The molecule has 16 heavy (non-hydrogen) atoms. The molecule has 88 valence electrons. The average molecular weight is 283 g/mol. The zero-order valence-electron chi connectivity index (χ0n) is 9.91. The second-order valence-electron chi connectivity index (χ2n) is 4.45.